The van der Waals surface area contributed by atoms with Gasteiger partial charge in [-0.2, -0.15) is 0 Å². The van der Waals surface area contributed by atoms with Crippen molar-refractivity contribution in [1.29, 1.82) is 0 Å². The first-order valence-corrected chi connectivity index (χ1v) is 8.65. The van der Waals surface area contributed by atoms with E-state index in [0.717, 1.165) is 16.9 Å². The normalized spacial score (nSPS) is 11.3. The Kier molecular flexibility index (Phi) is 2.96. The lowest BCUT2D eigenvalue weighted by molar-refractivity contribution is 1.19. The SMILES string of the molecule is c1ccc(-c2nccc3c4ccccc4n(-c4cccs4)c23)nc1. The van der Waals surface area contributed by atoms with E-state index < -0.39 is 0 Å². The molecule has 0 amide bonds. The minimum atomic E-state index is 0.892. The number of hydrogen-bond acceptors (Lipinski definition) is 3. The summed E-state index contributed by atoms with van der Waals surface area (Å²) in [6, 6.07) is 20.8. The molecule has 1 aromatic carbocycles. The number of thiophene rings is 1. The molecule has 0 radical (unpaired) electrons. The molecule has 114 valence electrons. The molecule has 0 saturated carbocycles. The van der Waals surface area contributed by atoms with Gasteiger partial charge >= 0.3 is 0 Å². The molecule has 4 heterocycles. The highest BCUT2D eigenvalue weighted by Crippen LogP contribution is 2.37. The molecular weight excluding hydrogens is 314 g/mol. The second-order valence-corrected chi connectivity index (χ2v) is 6.50. The summed E-state index contributed by atoms with van der Waals surface area (Å²) in [5, 5.41) is 5.73. The van der Waals surface area contributed by atoms with Gasteiger partial charge in [0, 0.05) is 23.2 Å². The number of fused-ring (bicyclic) bond motifs is 3. The van der Waals surface area contributed by atoms with E-state index in [2.05, 4.69) is 62.4 Å². The van der Waals surface area contributed by atoms with Crippen LogP contribution in [0, 0.1) is 0 Å². The van der Waals surface area contributed by atoms with Gasteiger partial charge in [-0.15, -0.1) is 11.3 Å². The largest absolute Gasteiger partial charge is 0.298 e. The van der Waals surface area contributed by atoms with Crippen molar-refractivity contribution < 1.29 is 0 Å². The van der Waals surface area contributed by atoms with Gasteiger partial charge in [0.05, 0.1) is 16.7 Å². The van der Waals surface area contributed by atoms with E-state index in [1.165, 1.54) is 21.3 Å². The average molecular weight is 327 g/mol. The van der Waals surface area contributed by atoms with Crippen molar-refractivity contribution in [2.24, 2.45) is 0 Å². The third kappa shape index (κ3) is 1.90. The Balaban J connectivity index is 2.00. The molecule has 4 heteroatoms. The van der Waals surface area contributed by atoms with Crippen molar-refractivity contribution >= 4 is 33.1 Å². The number of para-hydroxylation sites is 1. The number of benzene rings is 1. The summed E-state index contributed by atoms with van der Waals surface area (Å²) in [6.45, 7) is 0. The van der Waals surface area contributed by atoms with Gasteiger partial charge in [-0.3, -0.25) is 14.5 Å². The highest BCUT2D eigenvalue weighted by Gasteiger charge is 2.17. The Hall–Kier alpha value is -2.98. The Labute approximate surface area is 142 Å². The maximum absolute atomic E-state index is 4.66. The summed E-state index contributed by atoms with van der Waals surface area (Å²) in [6.07, 6.45) is 3.69. The third-order valence-corrected chi connectivity index (χ3v) is 5.07. The van der Waals surface area contributed by atoms with Crippen LogP contribution < -0.4 is 0 Å². The molecule has 0 atom stereocenters. The lowest BCUT2D eigenvalue weighted by atomic mass is 10.1. The molecule has 0 aliphatic rings. The molecule has 0 aliphatic carbocycles. The van der Waals surface area contributed by atoms with Crippen LogP contribution in [-0.2, 0) is 0 Å². The third-order valence-electron chi connectivity index (χ3n) is 4.22. The molecule has 5 aromatic rings. The quantitative estimate of drug-likeness (QED) is 0.440. The van der Waals surface area contributed by atoms with Crippen molar-refractivity contribution in [3.05, 3.63) is 78.4 Å². The van der Waals surface area contributed by atoms with Crippen LogP contribution in [0.3, 0.4) is 0 Å². The Morgan fingerprint density at radius 2 is 1.67 bits per heavy atom. The summed E-state index contributed by atoms with van der Waals surface area (Å²) in [5.74, 6) is 0. The minimum Gasteiger partial charge on any atom is -0.298 e. The summed E-state index contributed by atoms with van der Waals surface area (Å²) < 4.78 is 2.30. The van der Waals surface area contributed by atoms with E-state index in [1.54, 1.807) is 11.3 Å². The van der Waals surface area contributed by atoms with Crippen molar-refractivity contribution in [2.75, 3.05) is 0 Å². The fourth-order valence-corrected chi connectivity index (χ4v) is 3.98. The standard InChI is InChI=1S/C20H13N3S/c1-2-8-17-14(6-1)15-10-12-22-19(16-7-3-4-11-21-16)20(15)23(17)18-9-5-13-24-18/h1-13H. The Morgan fingerprint density at radius 3 is 2.50 bits per heavy atom. The van der Waals surface area contributed by atoms with E-state index >= 15 is 0 Å². The second kappa shape index (κ2) is 5.28. The lowest BCUT2D eigenvalue weighted by Crippen LogP contribution is -1.95. The molecule has 0 spiro atoms. The van der Waals surface area contributed by atoms with Gasteiger partial charge in [-0.25, -0.2) is 0 Å². The fraction of sp³-hybridized carbons (Fsp3) is 0. The molecule has 0 fully saturated rings. The Bertz CT molecular complexity index is 1140. The number of hydrogen-bond donors (Lipinski definition) is 0. The molecule has 4 aromatic heterocycles. The zero-order valence-corrected chi connectivity index (χ0v) is 13.6. The number of nitrogens with zero attached hydrogens (tertiary/aromatic N) is 3. The van der Waals surface area contributed by atoms with Crippen LogP contribution in [0.4, 0.5) is 0 Å². The molecule has 0 bridgehead atoms. The van der Waals surface area contributed by atoms with Crippen LogP contribution >= 0.6 is 11.3 Å². The van der Waals surface area contributed by atoms with Gasteiger partial charge in [-0.05, 0) is 41.8 Å². The van der Waals surface area contributed by atoms with Crippen LogP contribution in [-0.4, -0.2) is 14.5 Å². The molecular formula is C20H13N3S. The zero-order valence-electron chi connectivity index (χ0n) is 12.8. The van der Waals surface area contributed by atoms with Crippen molar-refractivity contribution in [1.82, 2.24) is 14.5 Å². The Morgan fingerprint density at radius 1 is 0.750 bits per heavy atom. The zero-order chi connectivity index (χ0) is 15.9. The summed E-state index contributed by atoms with van der Waals surface area (Å²) in [7, 11) is 0. The maximum atomic E-state index is 4.66. The number of rotatable bonds is 2. The lowest BCUT2D eigenvalue weighted by Gasteiger charge is -2.08. The topological polar surface area (TPSA) is 30.7 Å². The van der Waals surface area contributed by atoms with E-state index in [4.69, 9.17) is 0 Å². The summed E-state index contributed by atoms with van der Waals surface area (Å²) >= 11 is 1.73. The van der Waals surface area contributed by atoms with Gasteiger partial charge < -0.3 is 0 Å². The first kappa shape index (κ1) is 13.5. The molecule has 0 N–H and O–H groups in total. The molecule has 0 unspecified atom stereocenters. The predicted octanol–water partition coefficient (Wildman–Crippen LogP) is 5.30. The van der Waals surface area contributed by atoms with Gasteiger partial charge in [0.2, 0.25) is 0 Å². The molecule has 0 saturated heterocycles. The van der Waals surface area contributed by atoms with Crippen molar-refractivity contribution in [2.45, 2.75) is 0 Å². The molecule has 3 nitrogen and oxygen atoms in total. The van der Waals surface area contributed by atoms with E-state index in [0.29, 0.717) is 0 Å². The van der Waals surface area contributed by atoms with Gasteiger partial charge in [0.1, 0.15) is 10.7 Å². The fourth-order valence-electron chi connectivity index (χ4n) is 3.23. The molecule has 24 heavy (non-hydrogen) atoms. The summed E-state index contributed by atoms with van der Waals surface area (Å²) in [5.41, 5.74) is 4.11. The van der Waals surface area contributed by atoms with Gasteiger partial charge in [-0.1, -0.05) is 24.3 Å². The average Bonchev–Trinajstić information content (AvgIpc) is 3.28. The highest BCUT2D eigenvalue weighted by atomic mass is 32.1. The minimum absolute atomic E-state index is 0.892. The van der Waals surface area contributed by atoms with Crippen LogP contribution in [0.2, 0.25) is 0 Å². The molecule has 5 rings (SSSR count). The van der Waals surface area contributed by atoms with Crippen LogP contribution in [0.1, 0.15) is 0 Å². The molecule has 0 aliphatic heterocycles. The predicted molar refractivity (Wildman–Crippen MR) is 99.7 cm³/mol. The summed E-state index contributed by atoms with van der Waals surface area (Å²) in [4.78, 5) is 9.18. The smallest absolute Gasteiger partial charge is 0.113 e. The monoisotopic (exact) mass is 327 g/mol. The first-order chi connectivity index (χ1) is 11.9. The van der Waals surface area contributed by atoms with E-state index in [1.807, 2.05) is 30.6 Å². The second-order valence-electron chi connectivity index (χ2n) is 5.57. The van der Waals surface area contributed by atoms with E-state index in [9.17, 15) is 0 Å². The number of pyridine rings is 2. The number of aromatic nitrogens is 3. The maximum Gasteiger partial charge on any atom is 0.113 e. The van der Waals surface area contributed by atoms with Crippen LogP contribution in [0.25, 0.3) is 38.2 Å². The van der Waals surface area contributed by atoms with Crippen LogP contribution in [0.5, 0.6) is 0 Å². The van der Waals surface area contributed by atoms with Crippen molar-refractivity contribution in [3.8, 4) is 16.4 Å². The van der Waals surface area contributed by atoms with Crippen molar-refractivity contribution in [3.63, 3.8) is 0 Å². The van der Waals surface area contributed by atoms with Gasteiger partial charge in [0.15, 0.2) is 0 Å². The van der Waals surface area contributed by atoms with Gasteiger partial charge in [0.25, 0.3) is 0 Å². The first-order valence-electron chi connectivity index (χ1n) is 7.77. The highest BCUT2D eigenvalue weighted by molar-refractivity contribution is 7.12. The van der Waals surface area contributed by atoms with E-state index in [-0.39, 0.29) is 0 Å². The van der Waals surface area contributed by atoms with Crippen LogP contribution in [0.15, 0.2) is 78.4 Å².